The highest BCUT2D eigenvalue weighted by Crippen LogP contribution is 2.46. The molecule has 30 heavy (non-hydrogen) atoms. The van der Waals surface area contributed by atoms with Gasteiger partial charge in [0, 0.05) is 18.4 Å². The molecule has 0 aliphatic carbocycles. The quantitative estimate of drug-likeness (QED) is 0.781. The topological polar surface area (TPSA) is 99.0 Å². The highest BCUT2D eigenvalue weighted by Gasteiger charge is 2.39. The van der Waals surface area contributed by atoms with Gasteiger partial charge in [-0.05, 0) is 49.5 Å². The first-order chi connectivity index (χ1) is 14.6. The van der Waals surface area contributed by atoms with Gasteiger partial charge in [-0.25, -0.2) is 9.67 Å². The summed E-state index contributed by atoms with van der Waals surface area (Å²) in [7, 11) is 0. The molecule has 2 N–H and O–H groups in total. The SMILES string of the molecule is CCCC(C1=C(C)OC(N)=C(C#N)C1c1ccc(-n2cncn2)cc1)C1CCCO1. The number of benzene rings is 1. The van der Waals surface area contributed by atoms with E-state index in [0.29, 0.717) is 5.57 Å². The minimum absolute atomic E-state index is 0.148. The number of nitrogens with zero attached hydrogens (tertiary/aromatic N) is 4. The Morgan fingerprint density at radius 3 is 2.73 bits per heavy atom. The van der Waals surface area contributed by atoms with Crippen molar-refractivity contribution in [3.05, 3.63) is 65.3 Å². The first-order valence-corrected chi connectivity index (χ1v) is 10.5. The van der Waals surface area contributed by atoms with Gasteiger partial charge >= 0.3 is 0 Å². The fourth-order valence-electron chi connectivity index (χ4n) is 4.65. The van der Waals surface area contributed by atoms with E-state index < -0.39 is 0 Å². The zero-order valence-electron chi connectivity index (χ0n) is 17.4. The predicted molar refractivity (Wildman–Crippen MR) is 112 cm³/mol. The standard InChI is InChI=1S/C23H27N5O2/c1-3-5-18(20-6-4-11-29-20)21-15(2)30-23(25)19(12-24)22(21)16-7-9-17(10-8-16)28-14-26-13-27-28/h7-10,13-14,18,20,22H,3-6,11,25H2,1-2H3. The molecule has 1 aromatic heterocycles. The van der Waals surface area contributed by atoms with E-state index in [0.717, 1.165) is 54.9 Å². The number of hydrogen-bond acceptors (Lipinski definition) is 6. The molecule has 1 saturated heterocycles. The summed E-state index contributed by atoms with van der Waals surface area (Å²) in [5.41, 5.74) is 9.64. The maximum atomic E-state index is 9.93. The molecule has 3 unspecified atom stereocenters. The molecule has 0 spiro atoms. The Morgan fingerprint density at radius 1 is 1.33 bits per heavy atom. The summed E-state index contributed by atoms with van der Waals surface area (Å²) >= 11 is 0. The second-order valence-electron chi connectivity index (χ2n) is 7.81. The third-order valence-electron chi connectivity index (χ3n) is 5.98. The molecule has 1 aromatic carbocycles. The summed E-state index contributed by atoms with van der Waals surface area (Å²) in [6.07, 6.45) is 7.41. The molecule has 2 aliphatic heterocycles. The lowest BCUT2D eigenvalue weighted by Crippen LogP contribution is -2.30. The van der Waals surface area contributed by atoms with Gasteiger partial charge in [-0.1, -0.05) is 25.5 Å². The number of nitrogens with two attached hydrogens (primary N) is 1. The predicted octanol–water partition coefficient (Wildman–Crippen LogP) is 3.94. The van der Waals surface area contributed by atoms with Crippen molar-refractivity contribution >= 4 is 0 Å². The van der Waals surface area contributed by atoms with Crippen molar-refractivity contribution in [2.75, 3.05) is 6.61 Å². The molecule has 2 aromatic rings. The molecule has 0 amide bonds. The molecule has 7 heteroatoms. The lowest BCUT2D eigenvalue weighted by Gasteiger charge is -2.35. The van der Waals surface area contributed by atoms with Crippen molar-refractivity contribution in [3.63, 3.8) is 0 Å². The van der Waals surface area contributed by atoms with Gasteiger partial charge in [0.1, 0.15) is 30.1 Å². The van der Waals surface area contributed by atoms with E-state index in [-0.39, 0.29) is 23.8 Å². The number of aromatic nitrogens is 3. The van der Waals surface area contributed by atoms with Crippen LogP contribution in [0.2, 0.25) is 0 Å². The summed E-state index contributed by atoms with van der Waals surface area (Å²) in [6, 6.07) is 10.3. The van der Waals surface area contributed by atoms with E-state index in [4.69, 9.17) is 15.2 Å². The van der Waals surface area contributed by atoms with Crippen LogP contribution < -0.4 is 5.73 Å². The molecule has 4 rings (SSSR count). The average molecular weight is 406 g/mol. The normalized spacial score (nSPS) is 22.7. The average Bonchev–Trinajstić information content (AvgIpc) is 3.46. The zero-order valence-corrected chi connectivity index (χ0v) is 17.4. The van der Waals surface area contributed by atoms with Crippen molar-refractivity contribution in [1.82, 2.24) is 14.8 Å². The fraction of sp³-hybridized carbons (Fsp3) is 0.435. The monoisotopic (exact) mass is 405 g/mol. The molecule has 0 radical (unpaired) electrons. The Balaban J connectivity index is 1.77. The van der Waals surface area contributed by atoms with Gasteiger partial charge in [-0.2, -0.15) is 10.4 Å². The molecule has 0 bridgehead atoms. The maximum Gasteiger partial charge on any atom is 0.205 e. The molecular formula is C23H27N5O2. The van der Waals surface area contributed by atoms with Crippen LogP contribution in [0.5, 0.6) is 0 Å². The lowest BCUT2D eigenvalue weighted by atomic mass is 9.73. The van der Waals surface area contributed by atoms with E-state index in [1.54, 1.807) is 11.0 Å². The van der Waals surface area contributed by atoms with Crippen LogP contribution in [-0.2, 0) is 9.47 Å². The van der Waals surface area contributed by atoms with E-state index in [1.807, 2.05) is 31.2 Å². The Labute approximate surface area is 176 Å². The zero-order chi connectivity index (χ0) is 21.1. The molecule has 7 nitrogen and oxygen atoms in total. The summed E-state index contributed by atoms with van der Waals surface area (Å²) < 4.78 is 13.6. The third kappa shape index (κ3) is 3.71. The second-order valence-corrected chi connectivity index (χ2v) is 7.81. The van der Waals surface area contributed by atoms with Gasteiger partial charge in [0.15, 0.2) is 0 Å². The van der Waals surface area contributed by atoms with E-state index in [2.05, 4.69) is 23.1 Å². The smallest absolute Gasteiger partial charge is 0.205 e. The van der Waals surface area contributed by atoms with Crippen LogP contribution in [0, 0.1) is 17.2 Å². The van der Waals surface area contributed by atoms with Crippen LogP contribution >= 0.6 is 0 Å². The van der Waals surface area contributed by atoms with E-state index >= 15 is 0 Å². The first kappa shape index (κ1) is 20.2. The first-order valence-electron chi connectivity index (χ1n) is 10.5. The van der Waals surface area contributed by atoms with Crippen molar-refractivity contribution in [3.8, 4) is 11.8 Å². The Kier molecular flexibility index (Phi) is 5.86. The number of nitriles is 1. The number of rotatable bonds is 6. The lowest BCUT2D eigenvalue weighted by molar-refractivity contribution is 0.0673. The molecule has 1 fully saturated rings. The number of ether oxygens (including phenoxy) is 2. The number of hydrogen-bond donors (Lipinski definition) is 1. The van der Waals surface area contributed by atoms with Gasteiger partial charge in [-0.15, -0.1) is 0 Å². The van der Waals surface area contributed by atoms with Crippen LogP contribution in [0.1, 0.15) is 51.0 Å². The third-order valence-corrected chi connectivity index (χ3v) is 5.98. The van der Waals surface area contributed by atoms with Crippen LogP contribution in [0.4, 0.5) is 0 Å². The van der Waals surface area contributed by atoms with Crippen LogP contribution in [-0.4, -0.2) is 27.5 Å². The summed E-state index contributed by atoms with van der Waals surface area (Å²) in [6.45, 7) is 4.92. The molecule has 3 atom stereocenters. The van der Waals surface area contributed by atoms with E-state index in [1.165, 1.54) is 6.33 Å². The molecular weight excluding hydrogens is 378 g/mol. The van der Waals surface area contributed by atoms with Crippen LogP contribution in [0.25, 0.3) is 5.69 Å². The van der Waals surface area contributed by atoms with Crippen molar-refractivity contribution in [2.24, 2.45) is 11.7 Å². The summed E-state index contributed by atoms with van der Waals surface area (Å²) in [5.74, 6) is 0.917. The Bertz CT molecular complexity index is 980. The van der Waals surface area contributed by atoms with Crippen molar-refractivity contribution in [1.29, 1.82) is 5.26 Å². The Hall–Kier alpha value is -3.11. The van der Waals surface area contributed by atoms with Gasteiger partial charge in [-0.3, -0.25) is 0 Å². The van der Waals surface area contributed by atoms with Gasteiger partial charge in [0.05, 0.1) is 11.8 Å². The largest absolute Gasteiger partial charge is 0.445 e. The van der Waals surface area contributed by atoms with Crippen LogP contribution in [0.3, 0.4) is 0 Å². The molecule has 2 aliphatic rings. The van der Waals surface area contributed by atoms with Gasteiger partial charge in [0.25, 0.3) is 0 Å². The fourth-order valence-corrected chi connectivity index (χ4v) is 4.65. The second kappa shape index (κ2) is 8.72. The summed E-state index contributed by atoms with van der Waals surface area (Å²) in [4.78, 5) is 4.00. The van der Waals surface area contributed by atoms with Crippen molar-refractivity contribution in [2.45, 2.75) is 51.6 Å². The summed E-state index contributed by atoms with van der Waals surface area (Å²) in [5, 5.41) is 14.1. The van der Waals surface area contributed by atoms with Gasteiger partial charge < -0.3 is 15.2 Å². The van der Waals surface area contributed by atoms with Crippen LogP contribution in [0.15, 0.2) is 59.7 Å². The number of allylic oxidation sites excluding steroid dienone is 2. The molecule has 0 saturated carbocycles. The highest BCUT2D eigenvalue weighted by molar-refractivity contribution is 5.51. The van der Waals surface area contributed by atoms with Gasteiger partial charge in [0.2, 0.25) is 5.88 Å². The molecule has 156 valence electrons. The van der Waals surface area contributed by atoms with E-state index in [9.17, 15) is 5.26 Å². The van der Waals surface area contributed by atoms with Crippen molar-refractivity contribution < 1.29 is 9.47 Å². The molecule has 3 heterocycles. The Morgan fingerprint density at radius 2 is 2.13 bits per heavy atom. The highest BCUT2D eigenvalue weighted by atomic mass is 16.5. The minimum atomic E-state index is -0.241. The minimum Gasteiger partial charge on any atom is -0.445 e. The maximum absolute atomic E-state index is 9.93.